The van der Waals surface area contributed by atoms with Crippen LogP contribution in [0.2, 0.25) is 0 Å². The zero-order valence-corrected chi connectivity index (χ0v) is 14.9. The van der Waals surface area contributed by atoms with Crippen LogP contribution >= 0.6 is 0 Å². The number of nitrogens with zero attached hydrogens (tertiary/aromatic N) is 4. The summed E-state index contributed by atoms with van der Waals surface area (Å²) < 4.78 is 10.3. The number of amides is 2. The molecule has 0 aliphatic carbocycles. The van der Waals surface area contributed by atoms with Crippen molar-refractivity contribution in [2.24, 2.45) is 0 Å². The molecule has 138 valence electrons. The number of rotatable bonds is 6. The van der Waals surface area contributed by atoms with Crippen molar-refractivity contribution in [3.8, 4) is 11.8 Å². The van der Waals surface area contributed by atoms with Gasteiger partial charge in [-0.25, -0.2) is 4.79 Å². The fraction of sp³-hybridized carbons (Fsp3) is 0.412. The lowest BCUT2D eigenvalue weighted by Gasteiger charge is -2.16. The van der Waals surface area contributed by atoms with E-state index in [4.69, 9.17) is 9.47 Å². The van der Waals surface area contributed by atoms with Gasteiger partial charge in [0.25, 0.3) is 0 Å². The summed E-state index contributed by atoms with van der Waals surface area (Å²) in [4.78, 5) is 27.1. The highest BCUT2D eigenvalue weighted by molar-refractivity contribution is 5.89. The van der Waals surface area contributed by atoms with Crippen molar-refractivity contribution >= 4 is 17.7 Å². The van der Waals surface area contributed by atoms with E-state index < -0.39 is 0 Å². The SMILES string of the molecule is COc1cccc(NC(=O)NCc2nc(OC)nc(N3CCCC3)n2)c1. The molecule has 1 aromatic carbocycles. The third kappa shape index (κ3) is 4.50. The predicted octanol–water partition coefficient (Wildman–Crippen LogP) is 1.81. The fourth-order valence-electron chi connectivity index (χ4n) is 2.65. The van der Waals surface area contributed by atoms with Gasteiger partial charge in [-0.15, -0.1) is 0 Å². The maximum absolute atomic E-state index is 12.1. The normalized spacial score (nSPS) is 13.4. The Hall–Kier alpha value is -3.10. The first kappa shape index (κ1) is 17.7. The van der Waals surface area contributed by atoms with Crippen LogP contribution in [0.1, 0.15) is 18.7 Å². The molecule has 9 heteroatoms. The van der Waals surface area contributed by atoms with Gasteiger partial charge in [-0.2, -0.15) is 15.0 Å². The summed E-state index contributed by atoms with van der Waals surface area (Å²) in [5.41, 5.74) is 0.632. The summed E-state index contributed by atoms with van der Waals surface area (Å²) >= 11 is 0. The average Bonchev–Trinajstić information content (AvgIpc) is 3.21. The van der Waals surface area contributed by atoms with Gasteiger partial charge in [0.2, 0.25) is 5.95 Å². The third-order valence-electron chi connectivity index (χ3n) is 3.96. The van der Waals surface area contributed by atoms with Crippen LogP contribution in [0.25, 0.3) is 0 Å². The molecular formula is C17H22N6O3. The minimum atomic E-state index is -0.361. The zero-order valence-electron chi connectivity index (χ0n) is 14.9. The molecule has 1 aromatic heterocycles. The van der Waals surface area contributed by atoms with Crippen molar-refractivity contribution < 1.29 is 14.3 Å². The van der Waals surface area contributed by atoms with E-state index in [0.29, 0.717) is 23.2 Å². The molecule has 0 saturated carbocycles. The van der Waals surface area contributed by atoms with Gasteiger partial charge in [-0.1, -0.05) is 6.07 Å². The van der Waals surface area contributed by atoms with Crippen LogP contribution < -0.4 is 25.0 Å². The minimum absolute atomic E-state index is 0.162. The molecule has 0 bridgehead atoms. The molecule has 26 heavy (non-hydrogen) atoms. The number of anilines is 2. The molecule has 2 amide bonds. The highest BCUT2D eigenvalue weighted by Gasteiger charge is 2.18. The molecule has 3 rings (SSSR count). The highest BCUT2D eigenvalue weighted by Crippen LogP contribution is 2.18. The van der Waals surface area contributed by atoms with E-state index in [9.17, 15) is 4.79 Å². The molecule has 0 atom stereocenters. The van der Waals surface area contributed by atoms with E-state index in [1.165, 1.54) is 7.11 Å². The van der Waals surface area contributed by atoms with Gasteiger partial charge in [0.05, 0.1) is 20.8 Å². The van der Waals surface area contributed by atoms with E-state index >= 15 is 0 Å². The largest absolute Gasteiger partial charge is 0.497 e. The summed E-state index contributed by atoms with van der Waals surface area (Å²) in [7, 11) is 3.08. The number of nitrogens with one attached hydrogen (secondary N) is 2. The highest BCUT2D eigenvalue weighted by atomic mass is 16.5. The molecule has 1 aliphatic heterocycles. The van der Waals surface area contributed by atoms with Crippen molar-refractivity contribution in [3.05, 3.63) is 30.1 Å². The molecule has 2 aromatic rings. The molecule has 0 radical (unpaired) electrons. The molecule has 0 spiro atoms. The summed E-state index contributed by atoms with van der Waals surface area (Å²) in [6.07, 6.45) is 2.23. The van der Waals surface area contributed by atoms with Crippen LogP contribution in [0.4, 0.5) is 16.4 Å². The number of ether oxygens (including phenoxy) is 2. The molecule has 9 nitrogen and oxygen atoms in total. The predicted molar refractivity (Wildman–Crippen MR) is 96.7 cm³/mol. The van der Waals surface area contributed by atoms with Crippen molar-refractivity contribution in [1.29, 1.82) is 0 Å². The summed E-state index contributed by atoms with van der Waals surface area (Å²) in [6.45, 7) is 1.99. The van der Waals surface area contributed by atoms with E-state index in [1.807, 2.05) is 0 Å². The number of hydrogen-bond acceptors (Lipinski definition) is 7. The molecule has 1 saturated heterocycles. The molecule has 2 N–H and O–H groups in total. The van der Waals surface area contributed by atoms with Gasteiger partial charge in [0.15, 0.2) is 5.82 Å². The van der Waals surface area contributed by atoms with Gasteiger partial charge in [0, 0.05) is 24.8 Å². The Labute approximate surface area is 151 Å². The smallest absolute Gasteiger partial charge is 0.321 e. The topological polar surface area (TPSA) is 102 Å². The van der Waals surface area contributed by atoms with Crippen molar-refractivity contribution in [2.45, 2.75) is 19.4 Å². The van der Waals surface area contributed by atoms with Crippen LogP contribution in [0.15, 0.2) is 24.3 Å². The van der Waals surface area contributed by atoms with Crippen molar-refractivity contribution in [1.82, 2.24) is 20.3 Å². The summed E-state index contributed by atoms with van der Waals surface area (Å²) in [6, 6.07) is 7.00. The molecule has 2 heterocycles. The molecule has 1 aliphatic rings. The first-order chi connectivity index (χ1) is 12.7. The Kier molecular flexibility index (Phi) is 5.67. The Morgan fingerprint density at radius 3 is 2.69 bits per heavy atom. The van der Waals surface area contributed by atoms with Crippen LogP contribution in [0, 0.1) is 0 Å². The second-order valence-electron chi connectivity index (χ2n) is 5.77. The Bertz CT molecular complexity index is 764. The Balaban J connectivity index is 1.62. The van der Waals surface area contributed by atoms with E-state index in [1.54, 1.807) is 31.4 Å². The zero-order chi connectivity index (χ0) is 18.4. The van der Waals surface area contributed by atoms with Crippen LogP contribution in [0.3, 0.4) is 0 Å². The molecule has 0 unspecified atom stereocenters. The third-order valence-corrected chi connectivity index (χ3v) is 3.96. The van der Waals surface area contributed by atoms with Crippen LogP contribution in [-0.4, -0.2) is 48.3 Å². The van der Waals surface area contributed by atoms with Crippen LogP contribution in [-0.2, 0) is 6.54 Å². The number of aromatic nitrogens is 3. The lowest BCUT2D eigenvalue weighted by atomic mass is 10.3. The van der Waals surface area contributed by atoms with Crippen LogP contribution in [0.5, 0.6) is 11.8 Å². The first-order valence-electron chi connectivity index (χ1n) is 8.41. The van der Waals surface area contributed by atoms with Crippen molar-refractivity contribution in [3.63, 3.8) is 0 Å². The maximum Gasteiger partial charge on any atom is 0.321 e. The van der Waals surface area contributed by atoms with Crippen molar-refractivity contribution in [2.75, 3.05) is 37.5 Å². The van der Waals surface area contributed by atoms with Gasteiger partial charge in [-0.3, -0.25) is 0 Å². The quantitative estimate of drug-likeness (QED) is 0.812. The monoisotopic (exact) mass is 358 g/mol. The van der Waals surface area contributed by atoms with Gasteiger partial charge < -0.3 is 25.0 Å². The maximum atomic E-state index is 12.1. The minimum Gasteiger partial charge on any atom is -0.497 e. The van der Waals surface area contributed by atoms with E-state index in [0.717, 1.165) is 25.9 Å². The average molecular weight is 358 g/mol. The number of urea groups is 1. The fourth-order valence-corrected chi connectivity index (χ4v) is 2.65. The lowest BCUT2D eigenvalue weighted by molar-refractivity contribution is 0.251. The van der Waals surface area contributed by atoms with Gasteiger partial charge >= 0.3 is 12.0 Å². The number of benzene rings is 1. The number of hydrogen-bond donors (Lipinski definition) is 2. The number of carbonyl (C=O) groups excluding carboxylic acids is 1. The van der Waals surface area contributed by atoms with E-state index in [2.05, 4.69) is 30.5 Å². The number of methoxy groups -OCH3 is 2. The number of carbonyl (C=O) groups is 1. The van der Waals surface area contributed by atoms with Gasteiger partial charge in [-0.05, 0) is 25.0 Å². The molecular weight excluding hydrogens is 336 g/mol. The standard InChI is InChI=1S/C17H22N6O3/c1-25-13-7-5-6-12(10-13)19-16(24)18-11-14-20-15(22-17(21-14)26-2)23-8-3-4-9-23/h5-7,10H,3-4,8-9,11H2,1-2H3,(H2,18,19,24). The molecule has 1 fully saturated rings. The second kappa shape index (κ2) is 8.32. The Morgan fingerprint density at radius 2 is 1.96 bits per heavy atom. The van der Waals surface area contributed by atoms with E-state index in [-0.39, 0.29) is 18.6 Å². The Morgan fingerprint density at radius 1 is 1.15 bits per heavy atom. The summed E-state index contributed by atoms with van der Waals surface area (Å²) in [5, 5.41) is 5.48. The lowest BCUT2D eigenvalue weighted by Crippen LogP contribution is -2.29. The second-order valence-corrected chi connectivity index (χ2v) is 5.77. The first-order valence-corrected chi connectivity index (χ1v) is 8.41. The van der Waals surface area contributed by atoms with Gasteiger partial charge in [0.1, 0.15) is 5.75 Å². The summed E-state index contributed by atoms with van der Waals surface area (Å²) in [5.74, 6) is 1.69.